The van der Waals surface area contributed by atoms with E-state index in [1.165, 1.54) is 0 Å². The zero-order valence-electron chi connectivity index (χ0n) is 19.9. The van der Waals surface area contributed by atoms with E-state index in [1.54, 1.807) is 6.08 Å². The lowest BCUT2D eigenvalue weighted by atomic mass is 10.1. The van der Waals surface area contributed by atoms with E-state index in [9.17, 15) is 4.79 Å². The maximum Gasteiger partial charge on any atom is 0.229 e. The molecule has 6 heteroatoms. The van der Waals surface area contributed by atoms with Gasteiger partial charge in [-0.3, -0.25) is 4.79 Å². The Balaban J connectivity index is 1.34. The standard InChI is InChI=1S/C29H29N5O/c1-2-33-18-20-34(21-19-33)28-25-10-6-7-11-26(25)31-29(32-28)30-24-15-13-23(14-16-24)27(35)17-12-22-8-4-3-5-9-22/h3-17H,2,18-21H2,1H3,(H,30,31,32)/b17-12+. The Morgan fingerprint density at radius 3 is 2.34 bits per heavy atom. The van der Waals surface area contributed by atoms with E-state index in [0.29, 0.717) is 11.5 Å². The minimum atomic E-state index is -0.0316. The van der Waals surface area contributed by atoms with Crippen LogP contribution in [-0.4, -0.2) is 53.4 Å². The smallest absolute Gasteiger partial charge is 0.229 e. The Kier molecular flexibility index (Phi) is 6.82. The number of benzene rings is 3. The average molecular weight is 464 g/mol. The van der Waals surface area contributed by atoms with Crippen LogP contribution in [0.25, 0.3) is 17.0 Å². The van der Waals surface area contributed by atoms with Gasteiger partial charge in [0.15, 0.2) is 5.78 Å². The van der Waals surface area contributed by atoms with Crippen LogP contribution >= 0.6 is 0 Å². The van der Waals surface area contributed by atoms with Crippen molar-refractivity contribution in [1.82, 2.24) is 14.9 Å². The average Bonchev–Trinajstić information content (AvgIpc) is 2.92. The number of rotatable bonds is 7. The number of carbonyl (C=O) groups is 1. The first-order chi connectivity index (χ1) is 17.2. The fourth-order valence-electron chi connectivity index (χ4n) is 4.31. The van der Waals surface area contributed by atoms with E-state index in [0.717, 1.165) is 60.7 Å². The predicted molar refractivity (Wildman–Crippen MR) is 143 cm³/mol. The van der Waals surface area contributed by atoms with Gasteiger partial charge in [0.05, 0.1) is 5.52 Å². The molecule has 2 heterocycles. The number of nitrogens with one attached hydrogen (secondary N) is 1. The number of para-hydroxylation sites is 1. The van der Waals surface area contributed by atoms with E-state index in [2.05, 4.69) is 28.1 Å². The molecule has 4 aromatic rings. The third kappa shape index (κ3) is 5.39. The molecule has 1 N–H and O–H groups in total. The fourth-order valence-corrected chi connectivity index (χ4v) is 4.31. The van der Waals surface area contributed by atoms with Gasteiger partial charge in [-0.1, -0.05) is 55.5 Å². The van der Waals surface area contributed by atoms with Crippen molar-refractivity contribution in [3.63, 3.8) is 0 Å². The van der Waals surface area contributed by atoms with Crippen molar-refractivity contribution >= 4 is 40.2 Å². The monoisotopic (exact) mass is 463 g/mol. The molecule has 0 atom stereocenters. The van der Waals surface area contributed by atoms with Gasteiger partial charge in [-0.05, 0) is 54.6 Å². The van der Waals surface area contributed by atoms with Crippen LogP contribution in [0.15, 0.2) is 84.9 Å². The van der Waals surface area contributed by atoms with Crippen LogP contribution in [0.2, 0.25) is 0 Å². The largest absolute Gasteiger partial charge is 0.353 e. The number of hydrogen-bond acceptors (Lipinski definition) is 6. The summed E-state index contributed by atoms with van der Waals surface area (Å²) >= 11 is 0. The molecular formula is C29H29N5O. The predicted octanol–water partition coefficient (Wildman–Crippen LogP) is 5.41. The second kappa shape index (κ2) is 10.5. The molecule has 1 aromatic heterocycles. The number of aromatic nitrogens is 2. The summed E-state index contributed by atoms with van der Waals surface area (Å²) in [5.41, 5.74) is 3.39. The van der Waals surface area contributed by atoms with Crippen LogP contribution in [0.3, 0.4) is 0 Å². The number of likely N-dealkylation sites (N-methyl/N-ethyl adjacent to an activating group) is 1. The summed E-state index contributed by atoms with van der Waals surface area (Å²) in [4.78, 5) is 27.0. The maximum atomic E-state index is 12.6. The number of allylic oxidation sites excluding steroid dienone is 1. The topological polar surface area (TPSA) is 61.4 Å². The van der Waals surface area contributed by atoms with Crippen molar-refractivity contribution in [2.24, 2.45) is 0 Å². The first-order valence-corrected chi connectivity index (χ1v) is 12.1. The second-order valence-corrected chi connectivity index (χ2v) is 8.62. The number of carbonyl (C=O) groups excluding carboxylic acids is 1. The van der Waals surface area contributed by atoms with Gasteiger partial charge in [0.2, 0.25) is 5.95 Å². The van der Waals surface area contributed by atoms with Crippen LogP contribution in [0.4, 0.5) is 17.5 Å². The number of piperazine rings is 1. The minimum absolute atomic E-state index is 0.0316. The molecule has 176 valence electrons. The van der Waals surface area contributed by atoms with Crippen molar-refractivity contribution in [3.8, 4) is 0 Å². The number of ketones is 1. The van der Waals surface area contributed by atoms with E-state index in [4.69, 9.17) is 9.97 Å². The van der Waals surface area contributed by atoms with Gasteiger partial charge in [-0.15, -0.1) is 0 Å². The summed E-state index contributed by atoms with van der Waals surface area (Å²) in [5, 5.41) is 4.39. The lowest BCUT2D eigenvalue weighted by molar-refractivity contribution is 0.104. The highest BCUT2D eigenvalue weighted by Crippen LogP contribution is 2.27. The lowest BCUT2D eigenvalue weighted by Gasteiger charge is -2.35. The molecular weight excluding hydrogens is 434 g/mol. The summed E-state index contributed by atoms with van der Waals surface area (Å²) in [6, 6.07) is 25.4. The molecule has 0 aliphatic carbocycles. The molecule has 1 fully saturated rings. The molecule has 1 aliphatic heterocycles. The Labute approximate surface area is 205 Å². The van der Waals surface area contributed by atoms with Crippen molar-refractivity contribution < 1.29 is 4.79 Å². The van der Waals surface area contributed by atoms with E-state index in [1.807, 2.05) is 78.9 Å². The molecule has 3 aromatic carbocycles. The Hall–Kier alpha value is -4.03. The van der Waals surface area contributed by atoms with Crippen LogP contribution in [0.5, 0.6) is 0 Å². The van der Waals surface area contributed by atoms with Crippen LogP contribution in [0, 0.1) is 0 Å². The highest BCUT2D eigenvalue weighted by Gasteiger charge is 2.20. The van der Waals surface area contributed by atoms with Crippen LogP contribution < -0.4 is 10.2 Å². The van der Waals surface area contributed by atoms with Crippen molar-refractivity contribution in [2.45, 2.75) is 6.92 Å². The van der Waals surface area contributed by atoms with Gasteiger partial charge in [0, 0.05) is 42.8 Å². The number of fused-ring (bicyclic) bond motifs is 1. The Bertz CT molecular complexity index is 1330. The normalized spacial score (nSPS) is 14.5. The molecule has 0 amide bonds. The molecule has 1 aliphatic rings. The fraction of sp³-hybridized carbons (Fsp3) is 0.207. The van der Waals surface area contributed by atoms with Crippen molar-refractivity contribution in [1.29, 1.82) is 0 Å². The lowest BCUT2D eigenvalue weighted by Crippen LogP contribution is -2.46. The van der Waals surface area contributed by atoms with Gasteiger partial charge in [0.1, 0.15) is 5.82 Å². The number of hydrogen-bond donors (Lipinski definition) is 1. The third-order valence-electron chi connectivity index (χ3n) is 6.35. The summed E-state index contributed by atoms with van der Waals surface area (Å²) in [5.74, 6) is 1.49. The Morgan fingerprint density at radius 1 is 0.886 bits per heavy atom. The second-order valence-electron chi connectivity index (χ2n) is 8.62. The van der Waals surface area contributed by atoms with Crippen LogP contribution in [0.1, 0.15) is 22.8 Å². The maximum absolute atomic E-state index is 12.6. The minimum Gasteiger partial charge on any atom is -0.353 e. The SMILES string of the molecule is CCN1CCN(c2nc(Nc3ccc(C(=O)/C=C/c4ccccc4)cc3)nc3ccccc23)CC1. The van der Waals surface area contributed by atoms with Crippen molar-refractivity contribution in [2.75, 3.05) is 42.9 Å². The van der Waals surface area contributed by atoms with Gasteiger partial charge < -0.3 is 15.1 Å². The third-order valence-corrected chi connectivity index (χ3v) is 6.35. The number of nitrogens with zero attached hydrogens (tertiary/aromatic N) is 4. The summed E-state index contributed by atoms with van der Waals surface area (Å²) < 4.78 is 0. The summed E-state index contributed by atoms with van der Waals surface area (Å²) in [6.45, 7) is 7.24. The zero-order chi connectivity index (χ0) is 24.0. The Morgan fingerprint density at radius 2 is 1.60 bits per heavy atom. The molecule has 35 heavy (non-hydrogen) atoms. The van der Waals surface area contributed by atoms with Crippen LogP contribution in [-0.2, 0) is 0 Å². The molecule has 0 saturated carbocycles. The summed E-state index contributed by atoms with van der Waals surface area (Å²) in [6.07, 6.45) is 3.44. The van der Waals surface area contributed by atoms with Gasteiger partial charge in [0.25, 0.3) is 0 Å². The molecule has 0 radical (unpaired) electrons. The van der Waals surface area contributed by atoms with E-state index >= 15 is 0 Å². The quantitative estimate of drug-likeness (QED) is 0.292. The molecule has 1 saturated heterocycles. The van der Waals surface area contributed by atoms with E-state index < -0.39 is 0 Å². The molecule has 0 bridgehead atoms. The highest BCUT2D eigenvalue weighted by atomic mass is 16.1. The molecule has 0 spiro atoms. The van der Waals surface area contributed by atoms with Gasteiger partial charge in [-0.2, -0.15) is 4.98 Å². The van der Waals surface area contributed by atoms with Gasteiger partial charge in [-0.25, -0.2) is 4.98 Å². The van der Waals surface area contributed by atoms with Crippen molar-refractivity contribution in [3.05, 3.63) is 96.1 Å². The number of anilines is 3. The molecule has 0 unspecified atom stereocenters. The molecule has 5 rings (SSSR count). The highest BCUT2D eigenvalue weighted by molar-refractivity contribution is 6.07. The zero-order valence-corrected chi connectivity index (χ0v) is 19.9. The summed E-state index contributed by atoms with van der Waals surface area (Å²) in [7, 11) is 0. The first kappa shape index (κ1) is 22.7. The molecule has 6 nitrogen and oxygen atoms in total. The first-order valence-electron chi connectivity index (χ1n) is 12.1. The van der Waals surface area contributed by atoms with E-state index in [-0.39, 0.29) is 5.78 Å². The van der Waals surface area contributed by atoms with Gasteiger partial charge >= 0.3 is 0 Å².